The standard InChI is InChI=1S/C13H20N2O2S2.C6H15NO/c1-11(2)17-9-8-14-12(16)6-10-18-19-13-5-3-4-7-15-13;1-4-8-6(2,3)5-7/h3-5,7,11H,6,8-10H2,1-2H3,(H,14,16);4-5,7H2,1-3H3. The highest BCUT2D eigenvalue weighted by Crippen LogP contribution is 2.29. The molecule has 1 aromatic rings. The number of hydrogen-bond donors (Lipinski definition) is 2. The minimum absolute atomic E-state index is 0.0708. The summed E-state index contributed by atoms with van der Waals surface area (Å²) in [5.74, 6) is 0.847. The lowest BCUT2D eigenvalue weighted by Gasteiger charge is -2.21. The molecule has 0 radical (unpaired) electrons. The molecular weight excluding hydrogens is 382 g/mol. The van der Waals surface area contributed by atoms with Crippen LogP contribution in [0.3, 0.4) is 0 Å². The van der Waals surface area contributed by atoms with E-state index in [4.69, 9.17) is 15.2 Å². The molecule has 0 saturated carbocycles. The summed E-state index contributed by atoms with van der Waals surface area (Å²) in [6, 6.07) is 5.81. The fourth-order valence-electron chi connectivity index (χ4n) is 1.66. The average molecular weight is 418 g/mol. The maximum Gasteiger partial charge on any atom is 0.220 e. The lowest BCUT2D eigenvalue weighted by atomic mass is 10.1. The molecule has 1 amide bonds. The van der Waals surface area contributed by atoms with E-state index in [0.29, 0.717) is 26.1 Å². The van der Waals surface area contributed by atoms with Crippen molar-refractivity contribution in [1.82, 2.24) is 10.3 Å². The number of amides is 1. The van der Waals surface area contributed by atoms with Gasteiger partial charge < -0.3 is 20.5 Å². The van der Waals surface area contributed by atoms with Crippen molar-refractivity contribution in [2.24, 2.45) is 5.73 Å². The van der Waals surface area contributed by atoms with Crippen molar-refractivity contribution in [3.63, 3.8) is 0 Å². The number of aromatic nitrogens is 1. The third kappa shape index (κ3) is 17.1. The highest BCUT2D eigenvalue weighted by atomic mass is 33.1. The van der Waals surface area contributed by atoms with E-state index in [9.17, 15) is 4.79 Å². The van der Waals surface area contributed by atoms with Crippen molar-refractivity contribution < 1.29 is 14.3 Å². The molecule has 1 heterocycles. The SMILES string of the molecule is CC(C)OCCNC(=O)CCSSc1ccccn1.CCOC(C)(C)CN. The molecular formula is C19H35N3O3S2. The number of ether oxygens (including phenoxy) is 2. The molecule has 1 rings (SSSR count). The van der Waals surface area contributed by atoms with Gasteiger partial charge in [0.2, 0.25) is 5.91 Å². The molecule has 1 aromatic heterocycles. The van der Waals surface area contributed by atoms with Gasteiger partial charge in [0.25, 0.3) is 0 Å². The van der Waals surface area contributed by atoms with Crippen molar-refractivity contribution in [3.05, 3.63) is 24.4 Å². The van der Waals surface area contributed by atoms with Gasteiger partial charge in [0.15, 0.2) is 0 Å². The number of carbonyl (C=O) groups is 1. The lowest BCUT2D eigenvalue weighted by molar-refractivity contribution is -0.121. The number of nitrogens with two attached hydrogens (primary N) is 1. The van der Waals surface area contributed by atoms with Gasteiger partial charge in [0.1, 0.15) is 5.03 Å². The highest BCUT2D eigenvalue weighted by Gasteiger charge is 2.13. The Hall–Kier alpha value is -0.800. The summed E-state index contributed by atoms with van der Waals surface area (Å²) < 4.78 is 10.6. The molecule has 0 aliphatic rings. The second-order valence-electron chi connectivity index (χ2n) is 6.49. The van der Waals surface area contributed by atoms with Gasteiger partial charge in [0.05, 0.1) is 18.3 Å². The Labute approximate surface area is 172 Å². The first-order valence-corrected chi connectivity index (χ1v) is 11.6. The van der Waals surface area contributed by atoms with Crippen LogP contribution in [0.5, 0.6) is 0 Å². The summed E-state index contributed by atoms with van der Waals surface area (Å²) in [5, 5.41) is 3.81. The maximum atomic E-state index is 11.5. The number of hydrogen-bond acceptors (Lipinski definition) is 7. The second-order valence-corrected chi connectivity index (χ2v) is 8.93. The molecule has 0 aromatic carbocycles. The number of rotatable bonds is 12. The maximum absolute atomic E-state index is 11.5. The minimum Gasteiger partial charge on any atom is -0.377 e. The molecule has 3 N–H and O–H groups in total. The zero-order chi connectivity index (χ0) is 20.5. The first-order valence-electron chi connectivity index (χ1n) is 9.23. The van der Waals surface area contributed by atoms with Crippen molar-refractivity contribution in [3.8, 4) is 0 Å². The van der Waals surface area contributed by atoms with E-state index < -0.39 is 0 Å². The smallest absolute Gasteiger partial charge is 0.220 e. The van der Waals surface area contributed by atoms with Gasteiger partial charge >= 0.3 is 0 Å². The van der Waals surface area contributed by atoms with Crippen LogP contribution in [0.2, 0.25) is 0 Å². The normalized spacial score (nSPS) is 11.1. The summed E-state index contributed by atoms with van der Waals surface area (Å²) in [6.45, 7) is 12.4. The number of carbonyl (C=O) groups excluding carboxylic acids is 1. The molecule has 0 spiro atoms. The fourth-order valence-corrected chi connectivity index (χ4v) is 3.52. The van der Waals surface area contributed by atoms with Crippen LogP contribution < -0.4 is 11.1 Å². The number of nitrogens with zero attached hydrogens (tertiary/aromatic N) is 1. The van der Waals surface area contributed by atoms with E-state index >= 15 is 0 Å². The van der Waals surface area contributed by atoms with Crippen molar-refractivity contribution in [1.29, 1.82) is 0 Å². The largest absolute Gasteiger partial charge is 0.377 e. The second kappa shape index (κ2) is 16.2. The van der Waals surface area contributed by atoms with Gasteiger partial charge in [-0.05, 0) is 57.5 Å². The molecule has 0 fully saturated rings. The van der Waals surface area contributed by atoms with Crippen LogP contribution in [0.4, 0.5) is 0 Å². The Balaban J connectivity index is 0.000000713. The molecule has 156 valence electrons. The average Bonchev–Trinajstić information content (AvgIpc) is 2.64. The van der Waals surface area contributed by atoms with Gasteiger partial charge in [0, 0.05) is 38.1 Å². The van der Waals surface area contributed by atoms with Gasteiger partial charge in [-0.1, -0.05) is 16.9 Å². The van der Waals surface area contributed by atoms with Crippen LogP contribution in [0.25, 0.3) is 0 Å². The number of pyridine rings is 1. The first kappa shape index (κ1) is 26.2. The lowest BCUT2D eigenvalue weighted by Crippen LogP contribution is -2.33. The van der Waals surface area contributed by atoms with E-state index in [0.717, 1.165) is 17.4 Å². The molecule has 0 atom stereocenters. The summed E-state index contributed by atoms with van der Waals surface area (Å²) in [4.78, 5) is 15.7. The zero-order valence-corrected chi connectivity index (χ0v) is 18.8. The predicted octanol–water partition coefficient (Wildman–Crippen LogP) is 3.51. The van der Waals surface area contributed by atoms with Crippen molar-refractivity contribution in [2.75, 3.05) is 32.1 Å². The first-order chi connectivity index (χ1) is 12.8. The van der Waals surface area contributed by atoms with Crippen LogP contribution in [-0.2, 0) is 14.3 Å². The molecule has 6 nitrogen and oxygen atoms in total. The molecule has 0 aliphatic carbocycles. The molecule has 0 unspecified atom stereocenters. The van der Waals surface area contributed by atoms with Crippen LogP contribution >= 0.6 is 21.6 Å². The Morgan fingerprint density at radius 3 is 2.63 bits per heavy atom. The summed E-state index contributed by atoms with van der Waals surface area (Å²) in [7, 11) is 3.24. The highest BCUT2D eigenvalue weighted by molar-refractivity contribution is 8.76. The summed E-state index contributed by atoms with van der Waals surface area (Å²) in [5.41, 5.74) is 5.24. The molecule has 27 heavy (non-hydrogen) atoms. The molecule has 8 heteroatoms. The van der Waals surface area contributed by atoms with Crippen LogP contribution in [0.1, 0.15) is 41.0 Å². The third-order valence-electron chi connectivity index (χ3n) is 3.10. The van der Waals surface area contributed by atoms with Gasteiger partial charge in [-0.15, -0.1) is 0 Å². The van der Waals surface area contributed by atoms with E-state index in [1.54, 1.807) is 27.8 Å². The predicted molar refractivity (Wildman–Crippen MR) is 116 cm³/mol. The molecule has 0 bridgehead atoms. The zero-order valence-electron chi connectivity index (χ0n) is 17.2. The summed E-state index contributed by atoms with van der Waals surface area (Å²) >= 11 is 0. The Morgan fingerprint density at radius 1 is 1.37 bits per heavy atom. The topological polar surface area (TPSA) is 86.5 Å². The van der Waals surface area contributed by atoms with Crippen LogP contribution in [0.15, 0.2) is 29.4 Å². The van der Waals surface area contributed by atoms with E-state index in [1.165, 1.54) is 0 Å². The Morgan fingerprint density at radius 2 is 2.11 bits per heavy atom. The molecule has 0 saturated heterocycles. The Bertz CT molecular complexity index is 488. The third-order valence-corrected chi connectivity index (χ3v) is 5.36. The van der Waals surface area contributed by atoms with Crippen LogP contribution in [-0.4, -0.2) is 54.7 Å². The van der Waals surface area contributed by atoms with E-state index in [-0.39, 0.29) is 17.6 Å². The van der Waals surface area contributed by atoms with Gasteiger partial charge in [-0.2, -0.15) is 0 Å². The number of nitrogens with one attached hydrogen (secondary N) is 1. The Kier molecular flexibility index (Phi) is 15.7. The molecule has 0 aliphatic heterocycles. The van der Waals surface area contributed by atoms with Gasteiger partial charge in [-0.3, -0.25) is 4.79 Å². The minimum atomic E-state index is -0.130. The fraction of sp³-hybridized carbons (Fsp3) is 0.684. The summed E-state index contributed by atoms with van der Waals surface area (Å²) in [6.07, 6.45) is 2.50. The van der Waals surface area contributed by atoms with E-state index in [1.807, 2.05) is 52.8 Å². The van der Waals surface area contributed by atoms with Crippen molar-refractivity contribution in [2.45, 2.75) is 57.8 Å². The monoisotopic (exact) mass is 417 g/mol. The van der Waals surface area contributed by atoms with E-state index in [2.05, 4.69) is 10.3 Å². The van der Waals surface area contributed by atoms with Crippen molar-refractivity contribution >= 4 is 27.5 Å². The van der Waals surface area contributed by atoms with Crippen LogP contribution in [0, 0.1) is 0 Å². The quantitative estimate of drug-likeness (QED) is 0.397. The van der Waals surface area contributed by atoms with Gasteiger partial charge in [-0.25, -0.2) is 4.98 Å².